The van der Waals surface area contributed by atoms with Crippen LogP contribution in [0, 0.1) is 13.8 Å². The van der Waals surface area contributed by atoms with E-state index < -0.39 is 9.84 Å². The van der Waals surface area contributed by atoms with Crippen LogP contribution in [0.2, 0.25) is 5.02 Å². The van der Waals surface area contributed by atoms with Crippen LogP contribution in [0.25, 0.3) is 0 Å². The molecule has 2 aromatic carbocycles. The van der Waals surface area contributed by atoms with Gasteiger partial charge in [-0.15, -0.1) is 0 Å². The molecule has 1 aliphatic heterocycles. The number of sulfone groups is 1. The van der Waals surface area contributed by atoms with Crippen LogP contribution in [-0.4, -0.2) is 18.4 Å². The molecule has 0 bridgehead atoms. The number of halogens is 1. The van der Waals surface area contributed by atoms with E-state index in [1.165, 1.54) is 12.1 Å². The SMILES string of the molecule is Cc1ccc(C)c(N2c3cc(Cl)ccc3S(=O)(=O)c3c(N)nc(N)nc32)c1. The van der Waals surface area contributed by atoms with Gasteiger partial charge in [0.1, 0.15) is 0 Å². The number of rotatable bonds is 1. The quantitative estimate of drug-likeness (QED) is 0.501. The minimum atomic E-state index is -3.94. The number of fused-ring (bicyclic) bond motifs is 2. The smallest absolute Gasteiger partial charge is 0.224 e. The van der Waals surface area contributed by atoms with Crippen LogP contribution in [0.15, 0.2) is 46.2 Å². The first kappa shape index (κ1) is 17.6. The van der Waals surface area contributed by atoms with Crippen LogP contribution in [0.1, 0.15) is 11.1 Å². The zero-order valence-electron chi connectivity index (χ0n) is 14.6. The molecular formula is C18H16ClN5O2S. The van der Waals surface area contributed by atoms with E-state index in [-0.39, 0.29) is 27.4 Å². The average molecular weight is 402 g/mol. The minimum absolute atomic E-state index is 0.0837. The fourth-order valence-electron chi connectivity index (χ4n) is 3.20. The van der Waals surface area contributed by atoms with Crippen LogP contribution < -0.4 is 16.4 Å². The zero-order valence-corrected chi connectivity index (χ0v) is 16.1. The molecule has 2 heterocycles. The molecule has 0 spiro atoms. The van der Waals surface area contributed by atoms with Crippen molar-refractivity contribution in [2.24, 2.45) is 0 Å². The van der Waals surface area contributed by atoms with Gasteiger partial charge in [-0.3, -0.25) is 4.90 Å². The van der Waals surface area contributed by atoms with Gasteiger partial charge in [0.15, 0.2) is 16.5 Å². The number of aromatic nitrogens is 2. The maximum atomic E-state index is 13.2. The third-order valence-electron chi connectivity index (χ3n) is 4.43. The number of anilines is 5. The van der Waals surface area contributed by atoms with Crippen molar-refractivity contribution in [2.75, 3.05) is 16.4 Å². The molecule has 0 amide bonds. The zero-order chi connectivity index (χ0) is 19.5. The number of nitrogens with zero attached hydrogens (tertiary/aromatic N) is 3. The van der Waals surface area contributed by atoms with Crippen molar-refractivity contribution >= 4 is 50.4 Å². The van der Waals surface area contributed by atoms with Crippen molar-refractivity contribution in [1.29, 1.82) is 0 Å². The lowest BCUT2D eigenvalue weighted by molar-refractivity contribution is 0.594. The molecule has 0 saturated carbocycles. The van der Waals surface area contributed by atoms with Gasteiger partial charge in [0.25, 0.3) is 0 Å². The molecule has 1 aliphatic rings. The summed E-state index contributed by atoms with van der Waals surface area (Å²) in [7, 11) is -3.94. The predicted molar refractivity (Wildman–Crippen MR) is 105 cm³/mol. The predicted octanol–water partition coefficient (Wildman–Crippen LogP) is 3.53. The second-order valence-corrected chi connectivity index (χ2v) is 8.65. The van der Waals surface area contributed by atoms with E-state index in [2.05, 4.69) is 9.97 Å². The number of aryl methyl sites for hydroxylation is 2. The first-order chi connectivity index (χ1) is 12.7. The highest BCUT2D eigenvalue weighted by Crippen LogP contribution is 2.50. The highest BCUT2D eigenvalue weighted by atomic mass is 35.5. The molecule has 0 atom stereocenters. The number of hydrogen-bond donors (Lipinski definition) is 2. The van der Waals surface area contributed by atoms with Crippen molar-refractivity contribution in [3.05, 3.63) is 52.5 Å². The van der Waals surface area contributed by atoms with Crippen LogP contribution in [0.4, 0.5) is 29.0 Å². The number of nitrogens with two attached hydrogens (primary N) is 2. The number of benzene rings is 2. The van der Waals surface area contributed by atoms with Crippen molar-refractivity contribution in [3.63, 3.8) is 0 Å². The molecule has 27 heavy (non-hydrogen) atoms. The summed E-state index contributed by atoms with van der Waals surface area (Å²) in [6, 6.07) is 10.4. The van der Waals surface area contributed by atoms with Gasteiger partial charge < -0.3 is 11.5 Å². The first-order valence-electron chi connectivity index (χ1n) is 8.05. The Labute approximate surface area is 161 Å². The molecule has 7 nitrogen and oxygen atoms in total. The van der Waals surface area contributed by atoms with Crippen LogP contribution in [-0.2, 0) is 9.84 Å². The fourth-order valence-corrected chi connectivity index (χ4v) is 4.96. The Morgan fingerprint density at radius 2 is 1.74 bits per heavy atom. The summed E-state index contributed by atoms with van der Waals surface area (Å²) >= 11 is 6.18. The maximum Gasteiger partial charge on any atom is 0.224 e. The van der Waals surface area contributed by atoms with Crippen LogP contribution >= 0.6 is 11.6 Å². The van der Waals surface area contributed by atoms with Gasteiger partial charge in [-0.05, 0) is 49.2 Å². The van der Waals surface area contributed by atoms with Gasteiger partial charge in [0.2, 0.25) is 15.8 Å². The summed E-state index contributed by atoms with van der Waals surface area (Å²) in [5, 5.41) is 0.401. The van der Waals surface area contributed by atoms with Crippen molar-refractivity contribution in [2.45, 2.75) is 23.6 Å². The van der Waals surface area contributed by atoms with E-state index in [1.54, 1.807) is 11.0 Å². The van der Waals surface area contributed by atoms with E-state index in [1.807, 2.05) is 32.0 Å². The van der Waals surface area contributed by atoms with Gasteiger partial charge in [0, 0.05) is 5.02 Å². The van der Waals surface area contributed by atoms with E-state index in [4.69, 9.17) is 23.1 Å². The first-order valence-corrected chi connectivity index (χ1v) is 9.91. The molecule has 138 valence electrons. The molecule has 0 unspecified atom stereocenters. The second kappa shape index (κ2) is 5.83. The summed E-state index contributed by atoms with van der Waals surface area (Å²) in [4.78, 5) is 9.71. The van der Waals surface area contributed by atoms with Gasteiger partial charge in [0.05, 0.1) is 16.3 Å². The largest absolute Gasteiger partial charge is 0.382 e. The normalized spacial score (nSPS) is 14.6. The Balaban J connectivity index is 2.18. The van der Waals surface area contributed by atoms with Crippen LogP contribution in [0.3, 0.4) is 0 Å². The van der Waals surface area contributed by atoms with Crippen LogP contribution in [0.5, 0.6) is 0 Å². The van der Waals surface area contributed by atoms with E-state index in [0.717, 1.165) is 16.8 Å². The van der Waals surface area contributed by atoms with Crippen molar-refractivity contribution < 1.29 is 8.42 Å². The molecule has 0 radical (unpaired) electrons. The molecule has 4 rings (SSSR count). The molecule has 1 aromatic heterocycles. The number of hydrogen-bond acceptors (Lipinski definition) is 7. The maximum absolute atomic E-state index is 13.2. The molecule has 3 aromatic rings. The van der Waals surface area contributed by atoms with E-state index in [0.29, 0.717) is 10.7 Å². The lowest BCUT2D eigenvalue weighted by atomic mass is 10.1. The second-order valence-electron chi connectivity index (χ2n) is 6.36. The fraction of sp³-hybridized carbons (Fsp3) is 0.111. The van der Waals surface area contributed by atoms with E-state index in [9.17, 15) is 8.42 Å². The molecule has 0 aliphatic carbocycles. The summed E-state index contributed by atoms with van der Waals surface area (Å²) in [6.45, 7) is 3.88. The lowest BCUT2D eigenvalue weighted by Crippen LogP contribution is -2.26. The third-order valence-corrected chi connectivity index (χ3v) is 6.52. The highest BCUT2D eigenvalue weighted by molar-refractivity contribution is 7.92. The Morgan fingerprint density at radius 1 is 1.00 bits per heavy atom. The monoisotopic (exact) mass is 401 g/mol. The molecule has 0 fully saturated rings. The number of nitrogen functional groups attached to an aromatic ring is 2. The topological polar surface area (TPSA) is 115 Å². The summed E-state index contributed by atoms with van der Waals surface area (Å²) < 4.78 is 26.4. The summed E-state index contributed by atoms with van der Waals surface area (Å²) in [5.74, 6) is -0.181. The van der Waals surface area contributed by atoms with Crippen molar-refractivity contribution in [1.82, 2.24) is 9.97 Å². The van der Waals surface area contributed by atoms with Gasteiger partial charge >= 0.3 is 0 Å². The van der Waals surface area contributed by atoms with Crippen molar-refractivity contribution in [3.8, 4) is 0 Å². The minimum Gasteiger partial charge on any atom is -0.382 e. The molecule has 9 heteroatoms. The van der Waals surface area contributed by atoms with E-state index >= 15 is 0 Å². The molecule has 0 saturated heterocycles. The Hall–Kier alpha value is -2.84. The highest BCUT2D eigenvalue weighted by Gasteiger charge is 2.39. The van der Waals surface area contributed by atoms with Gasteiger partial charge in [-0.1, -0.05) is 23.7 Å². The summed E-state index contributed by atoms with van der Waals surface area (Å²) in [5.41, 5.74) is 14.8. The lowest BCUT2D eigenvalue weighted by Gasteiger charge is -2.33. The summed E-state index contributed by atoms with van der Waals surface area (Å²) in [6.07, 6.45) is 0. The van der Waals surface area contributed by atoms with Gasteiger partial charge in [-0.25, -0.2) is 8.42 Å². The van der Waals surface area contributed by atoms with Gasteiger partial charge in [-0.2, -0.15) is 9.97 Å². The standard InChI is InChI=1S/C18H16ClN5O2S/c1-9-3-4-10(2)12(7-9)24-13-8-11(19)5-6-14(13)27(25,26)15-16(20)22-18(21)23-17(15)24/h3-8H,1-2H3,(H4,20,21,22,23). The Kier molecular flexibility index (Phi) is 3.79. The Bertz CT molecular complexity index is 1210. The molecule has 4 N–H and O–H groups in total. The third kappa shape index (κ3) is 2.60. The Morgan fingerprint density at radius 3 is 2.48 bits per heavy atom. The average Bonchev–Trinajstić information content (AvgIpc) is 2.56. The molecular weight excluding hydrogens is 386 g/mol.